The summed E-state index contributed by atoms with van der Waals surface area (Å²) in [6, 6.07) is 47.2. The zero-order valence-electron chi connectivity index (χ0n) is 51.3. The van der Waals surface area contributed by atoms with Crippen molar-refractivity contribution in [1.29, 1.82) is 15.8 Å². The summed E-state index contributed by atoms with van der Waals surface area (Å²) in [5.74, 6) is -8.86. The van der Waals surface area contributed by atoms with Gasteiger partial charge < -0.3 is 44.0 Å². The maximum absolute atomic E-state index is 13.5. The Morgan fingerprint density at radius 1 is 0.424 bits per heavy atom. The van der Waals surface area contributed by atoms with Crippen molar-refractivity contribution >= 4 is 79.6 Å². The third-order valence-electron chi connectivity index (χ3n) is 14.0. The minimum atomic E-state index is -1.37. The summed E-state index contributed by atoms with van der Waals surface area (Å²) in [6.07, 6.45) is 2.92. The molecular weight excluding hydrogens is 1330 g/mol. The molecule has 8 aromatic carbocycles. The van der Waals surface area contributed by atoms with E-state index in [1.165, 1.54) is 58.8 Å². The first kappa shape index (κ1) is 72.3. The molecule has 12 aromatic rings. The Balaban J connectivity index is 0.000000173. The van der Waals surface area contributed by atoms with Crippen LogP contribution in [0, 0.1) is 80.5 Å². The highest BCUT2D eigenvalue weighted by molar-refractivity contribution is 7.15. The summed E-state index contributed by atoms with van der Waals surface area (Å²) < 4.78 is 103. The molecule has 0 aliphatic rings. The molecule has 0 atom stereocenters. The lowest BCUT2D eigenvalue weighted by Crippen LogP contribution is -2.24. The number of carboxylic acid groups (broad SMARTS) is 1. The molecular formula is C71H52F8N14O4S2. The number of nitrogens with one attached hydrogen (secondary N) is 3. The summed E-state index contributed by atoms with van der Waals surface area (Å²) in [4.78, 5) is 56.0. The molecule has 12 rings (SSSR count). The second kappa shape index (κ2) is 34.2. The number of hydrogen-bond acceptors (Lipinski definition) is 17. The average molecular weight is 1380 g/mol. The molecule has 498 valence electrons. The van der Waals surface area contributed by atoms with Crippen molar-refractivity contribution in [2.75, 3.05) is 16.8 Å². The smallest absolute Gasteiger partial charge is 0.338 e. The van der Waals surface area contributed by atoms with Crippen molar-refractivity contribution in [3.8, 4) is 39.1 Å². The van der Waals surface area contributed by atoms with E-state index in [2.05, 4.69) is 48.0 Å². The van der Waals surface area contributed by atoms with Crippen molar-refractivity contribution in [3.05, 3.63) is 289 Å². The van der Waals surface area contributed by atoms with Gasteiger partial charge in [0.1, 0.15) is 35.9 Å². The molecule has 2 amide bonds. The average Bonchev–Trinajstić information content (AvgIpc) is 1.81. The number of hydrogen-bond donors (Lipinski definition) is 8. The van der Waals surface area contributed by atoms with Gasteiger partial charge in [-0.1, -0.05) is 30.3 Å². The van der Waals surface area contributed by atoms with Crippen LogP contribution in [0.4, 0.5) is 52.4 Å². The van der Waals surface area contributed by atoms with Crippen LogP contribution >= 0.6 is 22.7 Å². The molecule has 0 spiro atoms. The predicted octanol–water partition coefficient (Wildman–Crippen LogP) is 13.8. The number of aromatic carboxylic acids is 1. The number of anilines is 3. The van der Waals surface area contributed by atoms with Gasteiger partial charge in [-0.2, -0.15) is 15.8 Å². The van der Waals surface area contributed by atoms with E-state index >= 15 is 0 Å². The molecule has 0 aliphatic carbocycles. The molecule has 4 heterocycles. The quantitative estimate of drug-likeness (QED) is 0.0469. The number of carbonyl (C=O) groups is 3. The number of fused-ring (bicyclic) bond motifs is 2. The minimum absolute atomic E-state index is 0.00184. The summed E-state index contributed by atoms with van der Waals surface area (Å²) in [6.45, 7) is 1.16. The zero-order chi connectivity index (χ0) is 71.3. The molecule has 0 unspecified atom stereocenters. The van der Waals surface area contributed by atoms with Crippen LogP contribution in [0.3, 0.4) is 0 Å². The molecule has 4 aromatic heterocycles. The lowest BCUT2D eigenvalue weighted by Gasteiger charge is -2.13. The number of aromatic nitrogens is 4. The Morgan fingerprint density at radius 2 is 0.838 bits per heavy atom. The first-order valence-corrected chi connectivity index (χ1v) is 30.6. The van der Waals surface area contributed by atoms with Crippen LogP contribution in [0.15, 0.2) is 183 Å². The molecule has 18 nitrogen and oxygen atoms in total. The zero-order valence-corrected chi connectivity index (χ0v) is 52.9. The summed E-state index contributed by atoms with van der Waals surface area (Å²) in [7, 11) is 0. The van der Waals surface area contributed by atoms with E-state index < -0.39 is 69.9 Å². The summed E-state index contributed by atoms with van der Waals surface area (Å²) >= 11 is 3.28. The molecule has 0 bridgehead atoms. The van der Waals surface area contributed by atoms with E-state index in [4.69, 9.17) is 38.6 Å². The molecule has 12 N–H and O–H groups in total. The number of nitrogen functional groups attached to an aromatic ring is 2. The first-order chi connectivity index (χ1) is 47.6. The first-order valence-electron chi connectivity index (χ1n) is 29.0. The van der Waals surface area contributed by atoms with Gasteiger partial charge in [-0.15, -0.1) is 22.7 Å². The molecule has 0 aliphatic heterocycles. The number of nitriles is 3. The normalized spacial score (nSPS) is 10.3. The third-order valence-corrected chi connectivity index (χ3v) is 16.3. The Bertz CT molecular complexity index is 5100. The SMILES string of the molecule is N#Cc1ccc(F)c(C(=O)NCc2ccc(F)c(F)c2)c1.N#Cc1ccc(F)c(C(=O)O)c1.N#Cc1ccc(NCc2ccc(-c3ccc4ncnc(N)c4c3)s2)c(C(=O)NCc2ccc(F)c(F)c2)c1.NCc1ccc(-c2ccc3ncnc(N)c3c2)s1.NCc1ccc(F)c(F)c1. The van der Waals surface area contributed by atoms with Crippen molar-refractivity contribution in [2.24, 2.45) is 11.5 Å². The number of nitrogens with zero attached hydrogens (tertiary/aromatic N) is 7. The topological polar surface area (TPSA) is 335 Å². The van der Waals surface area contributed by atoms with Crippen LogP contribution < -0.4 is 38.9 Å². The fourth-order valence-electron chi connectivity index (χ4n) is 8.92. The number of rotatable bonds is 14. The van der Waals surface area contributed by atoms with Crippen LogP contribution in [0.25, 0.3) is 42.7 Å². The van der Waals surface area contributed by atoms with E-state index in [1.54, 1.807) is 46.9 Å². The second-order valence-electron chi connectivity index (χ2n) is 20.7. The van der Waals surface area contributed by atoms with Crippen molar-refractivity contribution in [1.82, 2.24) is 30.6 Å². The van der Waals surface area contributed by atoms with Gasteiger partial charge in [0.25, 0.3) is 11.8 Å². The van der Waals surface area contributed by atoms with Gasteiger partial charge in [-0.3, -0.25) is 9.59 Å². The summed E-state index contributed by atoms with van der Waals surface area (Å²) in [5.41, 5.74) is 28.4. The molecule has 0 saturated carbocycles. The van der Waals surface area contributed by atoms with E-state index in [0.717, 1.165) is 103 Å². The Hall–Kier alpha value is -12.5. The Morgan fingerprint density at radius 3 is 1.29 bits per heavy atom. The predicted molar refractivity (Wildman–Crippen MR) is 359 cm³/mol. The van der Waals surface area contributed by atoms with Gasteiger partial charge in [0, 0.05) is 68.7 Å². The molecule has 28 heteroatoms. The van der Waals surface area contributed by atoms with E-state index in [-0.39, 0.29) is 41.9 Å². The number of amides is 2. The standard InChI is InChI=1S/C28H20F2N6OS.C15H9F3N2O.C13H12N4S.C8H4FNO2.C7H7F2N/c29-22-5-1-17(10-23(22)30)13-34-28(37)21-9-16(12-31)2-6-25(21)33-14-19-4-8-26(38-19)18-3-7-24-20(11-18)27(32)36-15-35-24;16-12-3-1-9(7-19)5-11(12)15(21)20-8-10-2-4-13(17)14(18)6-10;14-6-9-2-4-12(18-9)8-1-3-11-10(5-8)13(15)17-7-16-11;9-7-2-1-5(4-10)3-6(7)8(11)12;8-6-2-1-5(4-10)3-7(6)9/h1-11,15,33H,13-14H2,(H,34,37)(H2,32,35,36);1-6H,8H2,(H,20,21);1-5,7H,6,14H2,(H2,15,16,17);1-3H,(H,11,12);1-3H,4,10H2. The third kappa shape index (κ3) is 19.6. The van der Waals surface area contributed by atoms with Gasteiger partial charge >= 0.3 is 5.97 Å². The van der Waals surface area contributed by atoms with Gasteiger partial charge in [0.2, 0.25) is 0 Å². The second-order valence-corrected chi connectivity index (χ2v) is 23.0. The highest BCUT2D eigenvalue weighted by Crippen LogP contribution is 2.33. The van der Waals surface area contributed by atoms with Gasteiger partial charge in [-0.25, -0.2) is 59.9 Å². The fourth-order valence-corrected chi connectivity index (χ4v) is 10.7. The highest BCUT2D eigenvalue weighted by atomic mass is 32.1. The number of nitrogens with two attached hydrogens (primary N) is 4. The van der Waals surface area contributed by atoms with Gasteiger partial charge in [0.05, 0.1) is 62.6 Å². The van der Waals surface area contributed by atoms with Crippen molar-refractivity contribution in [3.63, 3.8) is 0 Å². The number of carboxylic acids is 1. The van der Waals surface area contributed by atoms with E-state index in [9.17, 15) is 54.8 Å². The Kier molecular flexibility index (Phi) is 25.0. The molecule has 0 radical (unpaired) electrons. The lowest BCUT2D eigenvalue weighted by molar-refractivity contribution is 0.0691. The maximum Gasteiger partial charge on any atom is 0.338 e. The largest absolute Gasteiger partial charge is 0.478 e. The highest BCUT2D eigenvalue weighted by Gasteiger charge is 2.17. The van der Waals surface area contributed by atoms with Crippen LogP contribution in [0.5, 0.6) is 0 Å². The number of halogens is 8. The number of thiophene rings is 2. The van der Waals surface area contributed by atoms with Crippen LogP contribution in [0.1, 0.15) is 74.2 Å². The van der Waals surface area contributed by atoms with Crippen molar-refractivity contribution < 1.29 is 54.6 Å². The lowest BCUT2D eigenvalue weighted by atomic mass is 10.1. The maximum atomic E-state index is 13.5. The number of carbonyl (C=O) groups excluding carboxylic acids is 2. The monoisotopic (exact) mass is 1380 g/mol. The van der Waals surface area contributed by atoms with Crippen molar-refractivity contribution in [2.45, 2.75) is 32.7 Å². The molecule has 99 heavy (non-hydrogen) atoms. The Labute approximate surface area is 566 Å². The molecule has 0 saturated heterocycles. The number of benzene rings is 8. The van der Waals surface area contributed by atoms with Crippen LogP contribution in [0.2, 0.25) is 0 Å². The molecule has 0 fully saturated rings. The summed E-state index contributed by atoms with van der Waals surface area (Å²) in [5, 5.41) is 44.9. The van der Waals surface area contributed by atoms with Crippen LogP contribution in [-0.2, 0) is 32.7 Å². The van der Waals surface area contributed by atoms with Gasteiger partial charge in [-0.05, 0) is 167 Å². The van der Waals surface area contributed by atoms with E-state index in [1.807, 2.05) is 54.6 Å². The minimum Gasteiger partial charge on any atom is -0.478 e. The fraction of sp³-hybridized carbons (Fsp3) is 0.0704. The van der Waals surface area contributed by atoms with Gasteiger partial charge in [0.15, 0.2) is 34.9 Å². The van der Waals surface area contributed by atoms with Crippen LogP contribution in [-0.4, -0.2) is 42.8 Å². The van der Waals surface area contributed by atoms with E-state index in [0.29, 0.717) is 52.7 Å².